The molecule has 0 saturated heterocycles. The van der Waals surface area contributed by atoms with Crippen molar-refractivity contribution in [3.8, 4) is 11.5 Å². The average molecular weight is 299 g/mol. The van der Waals surface area contributed by atoms with Crippen LogP contribution in [-0.4, -0.2) is 18.2 Å². The van der Waals surface area contributed by atoms with Gasteiger partial charge in [-0.05, 0) is 41.5 Å². The fourth-order valence-corrected chi connectivity index (χ4v) is 2.53. The highest BCUT2D eigenvalue weighted by molar-refractivity contribution is 7.80. The largest absolute Gasteiger partial charge is 0.493 e. The molecule has 1 heterocycles. The van der Waals surface area contributed by atoms with Crippen molar-refractivity contribution in [2.24, 2.45) is 5.73 Å². The van der Waals surface area contributed by atoms with Gasteiger partial charge in [-0.25, -0.2) is 0 Å². The number of benzene rings is 2. The zero-order valence-electron chi connectivity index (χ0n) is 11.7. The van der Waals surface area contributed by atoms with Gasteiger partial charge in [0.1, 0.15) is 16.5 Å². The van der Waals surface area contributed by atoms with E-state index in [-0.39, 0.29) is 0 Å². The Kier molecular flexibility index (Phi) is 4.06. The van der Waals surface area contributed by atoms with Crippen molar-refractivity contribution in [2.75, 3.05) is 13.2 Å². The van der Waals surface area contributed by atoms with E-state index in [1.165, 1.54) is 11.1 Å². The summed E-state index contributed by atoms with van der Waals surface area (Å²) in [5.41, 5.74) is 9.00. The Bertz CT molecular complexity index is 652. The summed E-state index contributed by atoms with van der Waals surface area (Å²) >= 11 is 4.92. The van der Waals surface area contributed by atoms with Gasteiger partial charge in [-0.1, -0.05) is 24.4 Å². The molecule has 0 fully saturated rings. The molecule has 2 N–H and O–H groups in total. The topological polar surface area (TPSA) is 44.5 Å². The molecule has 0 aromatic heterocycles. The van der Waals surface area contributed by atoms with Gasteiger partial charge in [0.15, 0.2) is 0 Å². The van der Waals surface area contributed by atoms with E-state index in [1.807, 2.05) is 24.3 Å². The number of thiocarbonyl (C=S) groups is 1. The van der Waals surface area contributed by atoms with Crippen LogP contribution in [-0.2, 0) is 12.8 Å². The van der Waals surface area contributed by atoms with Crippen LogP contribution in [0, 0.1) is 0 Å². The fourth-order valence-electron chi connectivity index (χ4n) is 2.40. The van der Waals surface area contributed by atoms with Gasteiger partial charge in [0.2, 0.25) is 0 Å². The number of hydrogen-bond donors (Lipinski definition) is 1. The lowest BCUT2D eigenvalue weighted by Gasteiger charge is -2.08. The third-order valence-electron chi connectivity index (χ3n) is 3.55. The molecule has 0 radical (unpaired) electrons. The van der Waals surface area contributed by atoms with E-state index in [1.54, 1.807) is 0 Å². The highest BCUT2D eigenvalue weighted by Gasteiger charge is 2.11. The maximum absolute atomic E-state index is 5.75. The lowest BCUT2D eigenvalue weighted by atomic mass is 10.1. The van der Waals surface area contributed by atoms with E-state index in [0.29, 0.717) is 11.6 Å². The van der Waals surface area contributed by atoms with Crippen molar-refractivity contribution in [2.45, 2.75) is 12.8 Å². The number of ether oxygens (including phenoxy) is 2. The van der Waals surface area contributed by atoms with Gasteiger partial charge in [-0.2, -0.15) is 0 Å². The molecule has 1 aliphatic heterocycles. The second-order valence-electron chi connectivity index (χ2n) is 5.03. The van der Waals surface area contributed by atoms with E-state index in [9.17, 15) is 0 Å². The van der Waals surface area contributed by atoms with Gasteiger partial charge in [0, 0.05) is 18.4 Å². The summed E-state index contributed by atoms with van der Waals surface area (Å²) < 4.78 is 11.3. The summed E-state index contributed by atoms with van der Waals surface area (Å²) in [6.45, 7) is 1.44. The Hall–Kier alpha value is -2.07. The molecule has 2 aromatic rings. The van der Waals surface area contributed by atoms with Crippen LogP contribution in [0.15, 0.2) is 42.5 Å². The lowest BCUT2D eigenvalue weighted by molar-refractivity contribution is 0.322. The van der Waals surface area contributed by atoms with Crippen LogP contribution >= 0.6 is 12.2 Å². The molecule has 0 bridgehead atoms. The van der Waals surface area contributed by atoms with Crippen LogP contribution in [0.1, 0.15) is 16.7 Å². The maximum Gasteiger partial charge on any atom is 0.122 e. The van der Waals surface area contributed by atoms with Crippen LogP contribution < -0.4 is 15.2 Å². The van der Waals surface area contributed by atoms with Gasteiger partial charge in [0.25, 0.3) is 0 Å². The number of fused-ring (bicyclic) bond motifs is 1. The third kappa shape index (κ3) is 3.34. The molecule has 0 saturated carbocycles. The monoisotopic (exact) mass is 299 g/mol. The molecule has 0 unspecified atom stereocenters. The molecule has 0 spiro atoms. The summed E-state index contributed by atoms with van der Waals surface area (Å²) in [5, 5.41) is 0. The van der Waals surface area contributed by atoms with Gasteiger partial charge in [-0.15, -0.1) is 0 Å². The van der Waals surface area contributed by atoms with E-state index in [2.05, 4.69) is 18.2 Å². The minimum Gasteiger partial charge on any atom is -0.493 e. The molecule has 0 aliphatic carbocycles. The van der Waals surface area contributed by atoms with Gasteiger partial charge in [0.05, 0.1) is 13.2 Å². The van der Waals surface area contributed by atoms with Gasteiger partial charge < -0.3 is 15.2 Å². The predicted octanol–water partition coefficient (Wildman–Crippen LogP) is 2.88. The summed E-state index contributed by atoms with van der Waals surface area (Å²) in [5.74, 6) is 1.85. The molecular formula is C17H17NO2S. The number of rotatable bonds is 5. The zero-order chi connectivity index (χ0) is 14.7. The van der Waals surface area contributed by atoms with Crippen LogP contribution in [0.2, 0.25) is 0 Å². The standard InChI is InChI=1S/C17H17NO2S/c18-17(21)13-2-4-15(5-3-13)19-9-7-12-1-6-16-14(11-12)8-10-20-16/h1-6,11H,7-10H2,(H2,18,21). The first-order valence-electron chi connectivity index (χ1n) is 6.99. The molecule has 3 nitrogen and oxygen atoms in total. The minimum absolute atomic E-state index is 0.405. The molecule has 0 atom stereocenters. The Morgan fingerprint density at radius 1 is 1.19 bits per heavy atom. The van der Waals surface area contributed by atoms with Gasteiger partial charge in [-0.3, -0.25) is 0 Å². The smallest absolute Gasteiger partial charge is 0.122 e. The number of nitrogens with two attached hydrogens (primary N) is 1. The number of hydrogen-bond acceptors (Lipinski definition) is 3. The first-order chi connectivity index (χ1) is 10.2. The maximum atomic E-state index is 5.75. The Balaban J connectivity index is 1.55. The summed E-state index contributed by atoms with van der Waals surface area (Å²) in [7, 11) is 0. The fraction of sp³-hybridized carbons (Fsp3) is 0.235. The molecule has 2 aromatic carbocycles. The van der Waals surface area contributed by atoms with E-state index in [0.717, 1.165) is 36.5 Å². The molecule has 4 heteroatoms. The lowest BCUT2D eigenvalue weighted by Crippen LogP contribution is -2.09. The van der Waals surface area contributed by atoms with Crippen LogP contribution in [0.5, 0.6) is 11.5 Å². The van der Waals surface area contributed by atoms with Crippen molar-refractivity contribution in [1.29, 1.82) is 0 Å². The third-order valence-corrected chi connectivity index (χ3v) is 3.79. The minimum atomic E-state index is 0.405. The van der Waals surface area contributed by atoms with Crippen LogP contribution in [0.4, 0.5) is 0 Å². The molecule has 3 rings (SSSR count). The molecule has 21 heavy (non-hydrogen) atoms. The van der Waals surface area contributed by atoms with Crippen molar-refractivity contribution >= 4 is 17.2 Å². The van der Waals surface area contributed by atoms with Crippen LogP contribution in [0.25, 0.3) is 0 Å². The van der Waals surface area contributed by atoms with Crippen molar-refractivity contribution < 1.29 is 9.47 Å². The summed E-state index contributed by atoms with van der Waals surface area (Å²) in [6, 6.07) is 13.9. The Labute approximate surface area is 129 Å². The van der Waals surface area contributed by atoms with Crippen molar-refractivity contribution in [3.05, 3.63) is 59.2 Å². The highest BCUT2D eigenvalue weighted by atomic mass is 32.1. The second-order valence-corrected chi connectivity index (χ2v) is 5.47. The Morgan fingerprint density at radius 3 is 2.76 bits per heavy atom. The highest BCUT2D eigenvalue weighted by Crippen LogP contribution is 2.26. The van der Waals surface area contributed by atoms with E-state index >= 15 is 0 Å². The zero-order valence-corrected chi connectivity index (χ0v) is 12.5. The Morgan fingerprint density at radius 2 is 2.00 bits per heavy atom. The van der Waals surface area contributed by atoms with E-state index < -0.39 is 0 Å². The molecule has 108 valence electrons. The average Bonchev–Trinajstić information content (AvgIpc) is 2.95. The summed E-state index contributed by atoms with van der Waals surface area (Å²) in [6.07, 6.45) is 1.88. The molecule has 1 aliphatic rings. The first kappa shape index (κ1) is 13.9. The first-order valence-corrected chi connectivity index (χ1v) is 7.40. The SMILES string of the molecule is NC(=S)c1ccc(OCCc2ccc3c(c2)CCO3)cc1. The predicted molar refractivity (Wildman–Crippen MR) is 87.2 cm³/mol. The van der Waals surface area contributed by atoms with Crippen LogP contribution in [0.3, 0.4) is 0 Å². The van der Waals surface area contributed by atoms with Crippen molar-refractivity contribution in [3.63, 3.8) is 0 Å². The normalized spacial score (nSPS) is 12.6. The molecular weight excluding hydrogens is 282 g/mol. The second kappa shape index (κ2) is 6.14. The quantitative estimate of drug-likeness (QED) is 0.862. The summed E-state index contributed by atoms with van der Waals surface area (Å²) in [4.78, 5) is 0.405. The molecule has 0 amide bonds. The van der Waals surface area contributed by atoms with Gasteiger partial charge >= 0.3 is 0 Å². The van der Waals surface area contributed by atoms with Crippen molar-refractivity contribution in [1.82, 2.24) is 0 Å². The van der Waals surface area contributed by atoms with E-state index in [4.69, 9.17) is 27.4 Å².